The van der Waals surface area contributed by atoms with Crippen LogP contribution in [0.25, 0.3) is 0 Å². The number of pyridine rings is 1. The Morgan fingerprint density at radius 3 is 2.86 bits per heavy atom. The van der Waals surface area contributed by atoms with Gasteiger partial charge in [0.25, 0.3) is 0 Å². The van der Waals surface area contributed by atoms with E-state index in [-0.39, 0.29) is 17.8 Å². The third-order valence-electron chi connectivity index (χ3n) is 4.23. The van der Waals surface area contributed by atoms with Crippen LogP contribution in [0.2, 0.25) is 0 Å². The van der Waals surface area contributed by atoms with E-state index in [2.05, 4.69) is 4.98 Å². The third kappa shape index (κ3) is 3.97. The van der Waals surface area contributed by atoms with Crippen LogP contribution in [0.15, 0.2) is 24.5 Å². The van der Waals surface area contributed by atoms with Crippen molar-refractivity contribution in [2.75, 3.05) is 32.1 Å². The lowest BCUT2D eigenvalue weighted by Gasteiger charge is -2.24. The summed E-state index contributed by atoms with van der Waals surface area (Å²) in [4.78, 5) is 4.00. The first-order valence-electron chi connectivity index (χ1n) is 7.76. The van der Waals surface area contributed by atoms with Crippen LogP contribution in [-0.2, 0) is 14.8 Å². The van der Waals surface area contributed by atoms with Gasteiger partial charge in [-0.2, -0.15) is 4.31 Å². The van der Waals surface area contributed by atoms with E-state index >= 15 is 0 Å². The van der Waals surface area contributed by atoms with E-state index in [0.29, 0.717) is 32.1 Å². The zero-order valence-corrected chi connectivity index (χ0v) is 13.4. The van der Waals surface area contributed by atoms with E-state index in [9.17, 15) is 8.42 Å². The van der Waals surface area contributed by atoms with Crippen molar-refractivity contribution in [3.8, 4) is 5.75 Å². The Bertz CT molecular complexity index is 572. The highest BCUT2D eigenvalue weighted by Gasteiger charge is 2.34. The second-order valence-electron chi connectivity index (χ2n) is 5.91. The molecule has 3 heterocycles. The Balaban J connectivity index is 1.54. The van der Waals surface area contributed by atoms with Crippen molar-refractivity contribution in [3.63, 3.8) is 0 Å². The van der Waals surface area contributed by atoms with Gasteiger partial charge in [0.05, 0.1) is 18.5 Å². The summed E-state index contributed by atoms with van der Waals surface area (Å²) in [5.74, 6) is 1.14. The summed E-state index contributed by atoms with van der Waals surface area (Å²) < 4.78 is 37.7. The summed E-state index contributed by atoms with van der Waals surface area (Å²) in [5.41, 5.74) is 0. The molecule has 2 aliphatic rings. The molecule has 0 saturated carbocycles. The van der Waals surface area contributed by atoms with Crippen LogP contribution in [0, 0.1) is 5.92 Å². The molecule has 7 heteroatoms. The van der Waals surface area contributed by atoms with Crippen LogP contribution >= 0.6 is 0 Å². The summed E-state index contributed by atoms with van der Waals surface area (Å²) in [6, 6.07) is 3.65. The predicted molar refractivity (Wildman–Crippen MR) is 82.2 cm³/mol. The van der Waals surface area contributed by atoms with Gasteiger partial charge in [0.2, 0.25) is 10.0 Å². The first-order valence-corrected chi connectivity index (χ1v) is 9.37. The fourth-order valence-electron chi connectivity index (χ4n) is 2.97. The molecule has 22 heavy (non-hydrogen) atoms. The van der Waals surface area contributed by atoms with Gasteiger partial charge in [-0.25, -0.2) is 8.42 Å². The second-order valence-corrected chi connectivity index (χ2v) is 7.92. The normalized spacial score (nSPS) is 24.5. The molecule has 2 fully saturated rings. The fraction of sp³-hybridized carbons (Fsp3) is 0.667. The zero-order valence-electron chi connectivity index (χ0n) is 12.6. The maximum absolute atomic E-state index is 12.5. The number of sulfonamides is 1. The van der Waals surface area contributed by atoms with Gasteiger partial charge < -0.3 is 9.47 Å². The van der Waals surface area contributed by atoms with Gasteiger partial charge in [-0.1, -0.05) is 0 Å². The van der Waals surface area contributed by atoms with Crippen molar-refractivity contribution in [3.05, 3.63) is 24.5 Å². The number of hydrogen-bond acceptors (Lipinski definition) is 5. The highest BCUT2D eigenvalue weighted by atomic mass is 32.2. The summed E-state index contributed by atoms with van der Waals surface area (Å²) in [7, 11) is -3.20. The Morgan fingerprint density at radius 2 is 2.14 bits per heavy atom. The van der Waals surface area contributed by atoms with E-state index in [4.69, 9.17) is 9.47 Å². The van der Waals surface area contributed by atoms with Crippen molar-refractivity contribution in [1.82, 2.24) is 9.29 Å². The van der Waals surface area contributed by atoms with Gasteiger partial charge >= 0.3 is 0 Å². The highest BCUT2D eigenvalue weighted by Crippen LogP contribution is 2.23. The minimum Gasteiger partial charge on any atom is -0.487 e. The van der Waals surface area contributed by atoms with Gasteiger partial charge in [0.15, 0.2) is 0 Å². The SMILES string of the molecule is O=S(=O)(CC1CCOCC1)N1CCC(Oc2cccnc2)C1. The van der Waals surface area contributed by atoms with Crippen molar-refractivity contribution < 1.29 is 17.9 Å². The molecular weight excluding hydrogens is 304 g/mol. The number of aromatic nitrogens is 1. The standard InChI is InChI=1S/C15H22N2O4S/c18-22(19,12-13-4-8-20-9-5-13)17-7-3-15(11-17)21-14-2-1-6-16-10-14/h1-2,6,10,13,15H,3-5,7-9,11-12H2. The first-order chi connectivity index (χ1) is 10.6. The Morgan fingerprint density at radius 1 is 1.32 bits per heavy atom. The summed E-state index contributed by atoms with van der Waals surface area (Å²) in [6.45, 7) is 2.32. The lowest BCUT2D eigenvalue weighted by molar-refractivity contribution is 0.0720. The molecule has 1 atom stereocenters. The van der Waals surface area contributed by atoms with Gasteiger partial charge in [-0.05, 0) is 37.3 Å². The topological polar surface area (TPSA) is 68.7 Å². The maximum atomic E-state index is 12.5. The van der Waals surface area contributed by atoms with E-state index < -0.39 is 10.0 Å². The largest absolute Gasteiger partial charge is 0.487 e. The number of nitrogens with zero attached hydrogens (tertiary/aromatic N) is 2. The lowest BCUT2D eigenvalue weighted by atomic mass is 10.0. The molecule has 0 N–H and O–H groups in total. The quantitative estimate of drug-likeness (QED) is 0.815. The molecule has 1 unspecified atom stereocenters. The smallest absolute Gasteiger partial charge is 0.214 e. The lowest BCUT2D eigenvalue weighted by Crippen LogP contribution is -2.36. The first kappa shape index (κ1) is 15.7. The van der Waals surface area contributed by atoms with Crippen LogP contribution in [0.1, 0.15) is 19.3 Å². The van der Waals surface area contributed by atoms with E-state index in [1.54, 1.807) is 16.7 Å². The highest BCUT2D eigenvalue weighted by molar-refractivity contribution is 7.89. The van der Waals surface area contributed by atoms with Crippen LogP contribution in [0.5, 0.6) is 5.75 Å². The number of hydrogen-bond donors (Lipinski definition) is 0. The van der Waals surface area contributed by atoms with Crippen LogP contribution in [0.3, 0.4) is 0 Å². The molecular formula is C15H22N2O4S. The third-order valence-corrected chi connectivity index (χ3v) is 6.24. The molecule has 6 nitrogen and oxygen atoms in total. The number of rotatable bonds is 5. The number of ether oxygens (including phenoxy) is 2. The second kappa shape index (κ2) is 6.93. The minimum absolute atomic E-state index is 0.0892. The average molecular weight is 326 g/mol. The molecule has 0 aliphatic carbocycles. The molecule has 0 amide bonds. The maximum Gasteiger partial charge on any atom is 0.214 e. The van der Waals surface area contributed by atoms with Gasteiger partial charge in [0.1, 0.15) is 11.9 Å². The molecule has 3 rings (SSSR count). The molecule has 0 bridgehead atoms. The summed E-state index contributed by atoms with van der Waals surface area (Å²) in [5, 5.41) is 0. The monoisotopic (exact) mass is 326 g/mol. The summed E-state index contributed by atoms with van der Waals surface area (Å²) in [6.07, 6.45) is 5.65. The van der Waals surface area contributed by atoms with Crippen molar-refractivity contribution >= 4 is 10.0 Å². The molecule has 0 radical (unpaired) electrons. The van der Waals surface area contributed by atoms with E-state index in [1.165, 1.54) is 0 Å². The Labute approximate surface area is 131 Å². The molecule has 0 aromatic carbocycles. The van der Waals surface area contributed by atoms with Gasteiger partial charge in [-0.15, -0.1) is 0 Å². The average Bonchev–Trinajstić information content (AvgIpc) is 2.98. The minimum atomic E-state index is -3.20. The fourth-order valence-corrected chi connectivity index (χ4v) is 4.89. The van der Waals surface area contributed by atoms with E-state index in [1.807, 2.05) is 12.1 Å². The predicted octanol–water partition coefficient (Wildman–Crippen LogP) is 1.29. The van der Waals surface area contributed by atoms with Gasteiger partial charge in [0, 0.05) is 26.0 Å². The Kier molecular flexibility index (Phi) is 4.95. The zero-order chi connectivity index (χ0) is 15.4. The van der Waals surface area contributed by atoms with E-state index in [0.717, 1.165) is 19.3 Å². The van der Waals surface area contributed by atoms with Crippen LogP contribution in [-0.4, -0.2) is 55.9 Å². The summed E-state index contributed by atoms with van der Waals surface area (Å²) >= 11 is 0. The van der Waals surface area contributed by atoms with Crippen molar-refractivity contribution in [1.29, 1.82) is 0 Å². The molecule has 0 spiro atoms. The molecule has 1 aromatic heterocycles. The molecule has 2 saturated heterocycles. The van der Waals surface area contributed by atoms with Crippen molar-refractivity contribution in [2.24, 2.45) is 5.92 Å². The molecule has 2 aliphatic heterocycles. The molecule has 122 valence electrons. The molecule has 1 aromatic rings. The van der Waals surface area contributed by atoms with Crippen molar-refractivity contribution in [2.45, 2.75) is 25.4 Å². The van der Waals surface area contributed by atoms with Crippen LogP contribution < -0.4 is 4.74 Å². The van der Waals surface area contributed by atoms with Crippen LogP contribution in [0.4, 0.5) is 0 Å². The van der Waals surface area contributed by atoms with Gasteiger partial charge in [-0.3, -0.25) is 4.98 Å². The Hall–Kier alpha value is -1.18.